The summed E-state index contributed by atoms with van der Waals surface area (Å²) >= 11 is 0. The van der Waals surface area contributed by atoms with Crippen LogP contribution >= 0.6 is 0 Å². The van der Waals surface area contributed by atoms with Gasteiger partial charge in [0.25, 0.3) is 5.91 Å². The summed E-state index contributed by atoms with van der Waals surface area (Å²) in [6.45, 7) is 5.87. The number of benzene rings is 3. The van der Waals surface area contributed by atoms with Crippen molar-refractivity contribution >= 4 is 17.4 Å². The number of fused-ring (bicyclic) bond motifs is 1. The van der Waals surface area contributed by atoms with E-state index < -0.39 is 11.5 Å². The van der Waals surface area contributed by atoms with E-state index in [2.05, 4.69) is 0 Å². The normalized spacial score (nSPS) is 17.7. The van der Waals surface area contributed by atoms with E-state index in [1.165, 1.54) is 17.0 Å². The topological polar surface area (TPSA) is 57.6 Å². The molecule has 0 unspecified atom stereocenters. The molecule has 1 heterocycles. The Morgan fingerprint density at radius 3 is 2.26 bits per heavy atom. The van der Waals surface area contributed by atoms with Gasteiger partial charge in [0.2, 0.25) is 0 Å². The zero-order valence-electron chi connectivity index (χ0n) is 17.8. The Morgan fingerprint density at radius 1 is 1.00 bits per heavy atom. The highest BCUT2D eigenvalue weighted by atomic mass is 19.1. The summed E-state index contributed by atoms with van der Waals surface area (Å²) in [5.74, 6) is -1.18. The van der Waals surface area contributed by atoms with Gasteiger partial charge in [-0.25, -0.2) is 4.39 Å². The van der Waals surface area contributed by atoms with Crippen molar-refractivity contribution in [2.45, 2.75) is 39.3 Å². The quantitative estimate of drug-likeness (QED) is 0.609. The first-order chi connectivity index (χ1) is 14.7. The molecule has 1 aliphatic heterocycles. The molecule has 4 nitrogen and oxygen atoms in total. The average molecular weight is 417 g/mol. The third-order valence-electron chi connectivity index (χ3n) is 5.87. The molecule has 0 spiro atoms. The Balaban J connectivity index is 1.70. The third kappa shape index (κ3) is 3.66. The van der Waals surface area contributed by atoms with Gasteiger partial charge in [0, 0.05) is 11.1 Å². The fourth-order valence-corrected chi connectivity index (χ4v) is 4.55. The molecule has 1 aliphatic rings. The molecule has 1 amide bonds. The predicted octanol–water partition coefficient (Wildman–Crippen LogP) is 4.76. The summed E-state index contributed by atoms with van der Waals surface area (Å²) in [4.78, 5) is 28.1. The lowest BCUT2D eigenvalue weighted by Crippen LogP contribution is -2.41. The second-order valence-corrected chi connectivity index (χ2v) is 8.27. The van der Waals surface area contributed by atoms with Gasteiger partial charge in [0.05, 0.1) is 18.7 Å². The second-order valence-electron chi connectivity index (χ2n) is 8.27. The van der Waals surface area contributed by atoms with E-state index in [-0.39, 0.29) is 24.6 Å². The van der Waals surface area contributed by atoms with Crippen molar-refractivity contribution in [1.29, 1.82) is 0 Å². The average Bonchev–Trinajstić information content (AvgIpc) is 2.91. The van der Waals surface area contributed by atoms with E-state index in [1.807, 2.05) is 32.9 Å². The van der Waals surface area contributed by atoms with Crippen molar-refractivity contribution in [2.75, 3.05) is 4.90 Å². The lowest BCUT2D eigenvalue weighted by molar-refractivity contribution is -0.136. The molecule has 0 aliphatic carbocycles. The Bertz CT molecular complexity index is 1160. The molecule has 3 aromatic rings. The van der Waals surface area contributed by atoms with Crippen molar-refractivity contribution in [3.05, 3.63) is 99.9 Å². The number of carbonyl (C=O) groups excluding carboxylic acids is 2. The first kappa shape index (κ1) is 20.9. The van der Waals surface area contributed by atoms with Crippen LogP contribution in [0, 0.1) is 26.6 Å². The van der Waals surface area contributed by atoms with Gasteiger partial charge in [0.15, 0.2) is 11.4 Å². The van der Waals surface area contributed by atoms with Gasteiger partial charge in [-0.15, -0.1) is 0 Å². The Kier molecular flexibility index (Phi) is 5.23. The zero-order valence-corrected chi connectivity index (χ0v) is 17.8. The number of Topliss-reactive ketones (excluding diaryl/α,β-unsaturated/α-hetero) is 1. The molecule has 0 saturated carbocycles. The Morgan fingerprint density at radius 2 is 1.61 bits per heavy atom. The molecular weight excluding hydrogens is 393 g/mol. The number of rotatable bonds is 5. The first-order valence-corrected chi connectivity index (χ1v) is 10.2. The lowest BCUT2D eigenvalue weighted by Gasteiger charge is -2.23. The summed E-state index contributed by atoms with van der Waals surface area (Å²) in [5, 5.41) is 11.5. The number of aryl methyl sites for hydroxylation is 3. The molecule has 31 heavy (non-hydrogen) atoms. The molecule has 158 valence electrons. The third-order valence-corrected chi connectivity index (χ3v) is 5.87. The minimum atomic E-state index is -1.95. The Hall–Kier alpha value is -3.31. The van der Waals surface area contributed by atoms with Gasteiger partial charge in [0.1, 0.15) is 5.82 Å². The van der Waals surface area contributed by atoms with Gasteiger partial charge >= 0.3 is 0 Å². The van der Waals surface area contributed by atoms with Crippen molar-refractivity contribution in [1.82, 2.24) is 0 Å². The van der Waals surface area contributed by atoms with Crippen molar-refractivity contribution in [3.63, 3.8) is 0 Å². The highest BCUT2D eigenvalue weighted by Crippen LogP contribution is 2.43. The van der Waals surface area contributed by atoms with E-state index in [0.717, 1.165) is 22.3 Å². The number of aliphatic hydroxyl groups is 1. The van der Waals surface area contributed by atoms with E-state index >= 15 is 0 Å². The molecule has 0 bridgehead atoms. The summed E-state index contributed by atoms with van der Waals surface area (Å²) in [5.41, 5.74) is 3.00. The Labute approximate surface area is 181 Å². The number of nitrogens with zero attached hydrogens (tertiary/aromatic N) is 1. The van der Waals surface area contributed by atoms with Crippen LogP contribution in [0.4, 0.5) is 10.1 Å². The summed E-state index contributed by atoms with van der Waals surface area (Å²) in [7, 11) is 0. The van der Waals surface area contributed by atoms with Crippen molar-refractivity contribution < 1.29 is 19.1 Å². The number of ketones is 1. The van der Waals surface area contributed by atoms with E-state index in [9.17, 15) is 19.1 Å². The number of hydrogen-bond donors (Lipinski definition) is 1. The number of hydrogen-bond acceptors (Lipinski definition) is 3. The molecule has 0 saturated heterocycles. The fraction of sp³-hybridized carbons (Fsp3) is 0.231. The van der Waals surface area contributed by atoms with Crippen molar-refractivity contribution in [2.24, 2.45) is 0 Å². The van der Waals surface area contributed by atoms with Crippen molar-refractivity contribution in [3.8, 4) is 0 Å². The number of halogens is 1. The van der Waals surface area contributed by atoms with Gasteiger partial charge < -0.3 is 10.0 Å². The van der Waals surface area contributed by atoms with Crippen LogP contribution in [0.25, 0.3) is 0 Å². The standard InChI is InChI=1S/C26H24FNO3/c1-16-12-17(2)24(18(3)13-16)23(29)14-26(31)21-6-4-5-7-22(21)28(25(26)30)15-19-8-10-20(27)11-9-19/h4-13,31H,14-15H2,1-3H3/t26-/m1/s1. The molecule has 5 heteroatoms. The number of amides is 1. The monoisotopic (exact) mass is 417 g/mol. The van der Waals surface area contributed by atoms with E-state index in [1.54, 1.807) is 36.4 Å². The molecule has 1 N–H and O–H groups in total. The van der Waals surface area contributed by atoms with Crippen LogP contribution in [0.1, 0.15) is 44.6 Å². The highest BCUT2D eigenvalue weighted by molar-refractivity contribution is 6.11. The highest BCUT2D eigenvalue weighted by Gasteiger charge is 2.50. The van der Waals surface area contributed by atoms with Gasteiger partial charge in [-0.1, -0.05) is 48.0 Å². The summed E-state index contributed by atoms with van der Waals surface area (Å²) < 4.78 is 13.3. The largest absolute Gasteiger partial charge is 0.375 e. The van der Waals surface area contributed by atoms with Crippen LogP contribution in [0.15, 0.2) is 60.7 Å². The SMILES string of the molecule is Cc1cc(C)c(C(=O)C[C@]2(O)C(=O)N(Cc3ccc(F)cc3)c3ccccc32)c(C)c1. The van der Waals surface area contributed by atoms with Crippen LogP contribution in [0.2, 0.25) is 0 Å². The van der Waals surface area contributed by atoms with Gasteiger partial charge in [-0.3, -0.25) is 9.59 Å². The zero-order chi connectivity index (χ0) is 22.3. The van der Waals surface area contributed by atoms with Gasteiger partial charge in [-0.2, -0.15) is 0 Å². The maximum Gasteiger partial charge on any atom is 0.264 e. The number of para-hydroxylation sites is 1. The van der Waals surface area contributed by atoms with Crippen LogP contribution in [-0.4, -0.2) is 16.8 Å². The molecule has 4 rings (SSSR count). The molecule has 0 radical (unpaired) electrons. The lowest BCUT2D eigenvalue weighted by atomic mass is 9.85. The second kappa shape index (κ2) is 7.75. The van der Waals surface area contributed by atoms with Crippen LogP contribution < -0.4 is 4.90 Å². The molecular formula is C26H24FNO3. The minimum Gasteiger partial charge on any atom is -0.375 e. The molecule has 3 aromatic carbocycles. The maximum atomic E-state index is 13.4. The maximum absolute atomic E-state index is 13.4. The van der Waals surface area contributed by atoms with Crippen LogP contribution in [-0.2, 0) is 16.9 Å². The predicted molar refractivity (Wildman–Crippen MR) is 118 cm³/mol. The molecule has 0 aromatic heterocycles. The summed E-state index contributed by atoms with van der Waals surface area (Å²) in [6, 6.07) is 16.7. The minimum absolute atomic E-state index is 0.176. The summed E-state index contributed by atoms with van der Waals surface area (Å²) in [6.07, 6.45) is -0.340. The fourth-order valence-electron chi connectivity index (χ4n) is 4.55. The number of anilines is 1. The smallest absolute Gasteiger partial charge is 0.264 e. The first-order valence-electron chi connectivity index (χ1n) is 10.2. The number of carbonyl (C=O) groups is 2. The van der Waals surface area contributed by atoms with E-state index in [0.29, 0.717) is 16.8 Å². The molecule has 1 atom stereocenters. The van der Waals surface area contributed by atoms with Crippen LogP contribution in [0.3, 0.4) is 0 Å². The van der Waals surface area contributed by atoms with E-state index in [4.69, 9.17) is 0 Å². The van der Waals surface area contributed by atoms with Crippen LogP contribution in [0.5, 0.6) is 0 Å². The molecule has 0 fully saturated rings. The van der Waals surface area contributed by atoms with Gasteiger partial charge in [-0.05, 0) is 55.7 Å².